The summed E-state index contributed by atoms with van der Waals surface area (Å²) >= 11 is 3.28. The predicted octanol–water partition coefficient (Wildman–Crippen LogP) is 5.38. The van der Waals surface area contributed by atoms with E-state index < -0.39 is 0 Å². The molecule has 4 aromatic rings. The Labute approximate surface area is 194 Å². The molecule has 3 aromatic heterocycles. The lowest BCUT2D eigenvalue weighted by Crippen LogP contribution is -2.15. The number of benzene rings is 1. The third-order valence-electron chi connectivity index (χ3n) is 6.49. The Morgan fingerprint density at radius 3 is 2.91 bits per heavy atom. The van der Waals surface area contributed by atoms with E-state index in [2.05, 4.69) is 26.8 Å². The number of anilines is 1. The maximum Gasteiger partial charge on any atom is 0.234 e. The fourth-order valence-electron chi connectivity index (χ4n) is 4.58. The van der Waals surface area contributed by atoms with E-state index in [1.165, 1.54) is 34.0 Å². The van der Waals surface area contributed by atoms with Crippen molar-refractivity contribution in [3.63, 3.8) is 0 Å². The number of aromatic nitrogens is 4. The number of fused-ring (bicyclic) bond motifs is 5. The lowest BCUT2D eigenvalue weighted by Gasteiger charge is -2.17. The number of hydrogen-bond acceptors (Lipinski definition) is 6. The number of amides is 1. The highest BCUT2D eigenvalue weighted by Crippen LogP contribution is 2.44. The van der Waals surface area contributed by atoms with Gasteiger partial charge in [0.15, 0.2) is 10.8 Å². The van der Waals surface area contributed by atoms with E-state index in [0.29, 0.717) is 5.92 Å². The van der Waals surface area contributed by atoms with E-state index >= 15 is 0 Å². The largest absolute Gasteiger partial charge is 0.325 e. The van der Waals surface area contributed by atoms with Gasteiger partial charge < -0.3 is 5.32 Å². The monoisotopic (exact) mass is 463 g/mol. The van der Waals surface area contributed by atoms with Crippen molar-refractivity contribution in [2.75, 3.05) is 11.1 Å². The van der Waals surface area contributed by atoms with Crippen LogP contribution in [0, 0.1) is 12.8 Å². The Morgan fingerprint density at radius 1 is 1.25 bits per heavy atom. The van der Waals surface area contributed by atoms with Crippen LogP contribution in [-0.4, -0.2) is 31.2 Å². The number of carbonyl (C=O) groups is 1. The highest BCUT2D eigenvalue weighted by atomic mass is 32.2. The van der Waals surface area contributed by atoms with Crippen LogP contribution in [0.1, 0.15) is 53.9 Å². The number of carbonyl (C=O) groups excluding carboxylic acids is 1. The minimum absolute atomic E-state index is 0.0371. The van der Waals surface area contributed by atoms with Gasteiger partial charge in [0.1, 0.15) is 10.7 Å². The molecular weight excluding hydrogens is 438 g/mol. The summed E-state index contributed by atoms with van der Waals surface area (Å²) < 4.78 is 2.14. The topological polar surface area (TPSA) is 72.2 Å². The van der Waals surface area contributed by atoms with Gasteiger partial charge in [-0.3, -0.25) is 9.20 Å². The Balaban J connectivity index is 1.35. The molecule has 1 atom stereocenters. The third-order valence-corrected chi connectivity index (χ3v) is 8.57. The van der Waals surface area contributed by atoms with Crippen LogP contribution < -0.4 is 5.32 Å². The van der Waals surface area contributed by atoms with Gasteiger partial charge >= 0.3 is 0 Å². The molecule has 1 amide bonds. The molecule has 1 unspecified atom stereocenters. The number of thiophene rings is 1. The minimum Gasteiger partial charge on any atom is -0.325 e. The van der Waals surface area contributed by atoms with E-state index in [0.717, 1.165) is 64.3 Å². The Kier molecular flexibility index (Phi) is 4.95. The summed E-state index contributed by atoms with van der Waals surface area (Å²) in [5.41, 5.74) is 4.25. The number of rotatable bonds is 5. The van der Waals surface area contributed by atoms with Crippen molar-refractivity contribution in [2.24, 2.45) is 5.92 Å². The van der Waals surface area contributed by atoms with Crippen molar-refractivity contribution < 1.29 is 4.79 Å². The molecule has 0 radical (unpaired) electrons. The van der Waals surface area contributed by atoms with Crippen LogP contribution in [0.4, 0.5) is 5.69 Å². The van der Waals surface area contributed by atoms with E-state index in [4.69, 9.17) is 4.98 Å². The van der Waals surface area contributed by atoms with Gasteiger partial charge in [-0.1, -0.05) is 36.9 Å². The smallest absolute Gasteiger partial charge is 0.234 e. The minimum atomic E-state index is -0.0371. The average molecular weight is 464 g/mol. The summed E-state index contributed by atoms with van der Waals surface area (Å²) in [7, 11) is 0. The SMILES string of the molecule is Cc1ccccc1NC(=O)CSc1nnc2c3c4c(sc3nc(C3CC3)n12)CC(C)CC4. The first-order chi connectivity index (χ1) is 15.6. The molecule has 6 nitrogen and oxygen atoms in total. The molecule has 6 rings (SSSR count). The summed E-state index contributed by atoms with van der Waals surface area (Å²) in [6.07, 6.45) is 5.75. The van der Waals surface area contributed by atoms with Crippen LogP contribution in [0.25, 0.3) is 15.9 Å². The molecule has 0 saturated heterocycles. The lowest BCUT2D eigenvalue weighted by atomic mass is 9.89. The Bertz CT molecular complexity index is 1350. The first kappa shape index (κ1) is 20.2. The number of aryl methyl sites for hydroxylation is 2. The number of nitrogens with one attached hydrogen (secondary N) is 1. The molecular formula is C24H25N5OS2. The van der Waals surface area contributed by atoms with Gasteiger partial charge in [-0.2, -0.15) is 0 Å². The molecule has 32 heavy (non-hydrogen) atoms. The van der Waals surface area contributed by atoms with E-state index in [9.17, 15) is 4.79 Å². The third kappa shape index (κ3) is 3.49. The molecule has 0 aliphatic heterocycles. The molecule has 1 N–H and O–H groups in total. The van der Waals surface area contributed by atoms with Crippen LogP contribution in [0.3, 0.4) is 0 Å². The summed E-state index contributed by atoms with van der Waals surface area (Å²) in [6.45, 7) is 4.33. The molecule has 0 bridgehead atoms. The molecule has 164 valence electrons. The van der Waals surface area contributed by atoms with Crippen LogP contribution >= 0.6 is 23.1 Å². The molecule has 1 aromatic carbocycles. The molecule has 2 aliphatic rings. The summed E-state index contributed by atoms with van der Waals surface area (Å²) in [4.78, 5) is 20.3. The normalized spacial score (nSPS) is 18.2. The van der Waals surface area contributed by atoms with Crippen molar-refractivity contribution >= 4 is 50.6 Å². The van der Waals surface area contributed by atoms with Crippen molar-refractivity contribution in [1.82, 2.24) is 19.6 Å². The van der Waals surface area contributed by atoms with Gasteiger partial charge in [0.05, 0.1) is 11.1 Å². The van der Waals surface area contributed by atoms with Crippen molar-refractivity contribution in [1.29, 1.82) is 0 Å². The quantitative estimate of drug-likeness (QED) is 0.402. The van der Waals surface area contributed by atoms with Gasteiger partial charge in [0.25, 0.3) is 0 Å². The van der Waals surface area contributed by atoms with Gasteiger partial charge in [-0.05, 0) is 62.1 Å². The second-order valence-electron chi connectivity index (χ2n) is 9.07. The van der Waals surface area contributed by atoms with E-state index in [-0.39, 0.29) is 11.7 Å². The zero-order valence-electron chi connectivity index (χ0n) is 18.2. The average Bonchev–Trinajstić information content (AvgIpc) is 3.44. The summed E-state index contributed by atoms with van der Waals surface area (Å²) in [6, 6.07) is 7.83. The molecule has 0 spiro atoms. The number of thioether (sulfide) groups is 1. The standard InChI is InChI=1S/C24H25N5OS2/c1-13-7-10-16-18(11-13)32-23-20(16)22-27-28-24(29(22)21(26-23)15-8-9-15)31-12-19(30)25-17-6-4-3-5-14(17)2/h3-6,13,15H,7-12H2,1-2H3,(H,25,30). The van der Waals surface area contributed by atoms with Crippen molar-refractivity contribution in [2.45, 2.75) is 57.0 Å². The number of hydrogen-bond donors (Lipinski definition) is 1. The first-order valence-electron chi connectivity index (χ1n) is 11.3. The van der Waals surface area contributed by atoms with Crippen LogP contribution in [0.5, 0.6) is 0 Å². The second-order valence-corrected chi connectivity index (χ2v) is 11.1. The van der Waals surface area contributed by atoms with Crippen molar-refractivity contribution in [3.05, 3.63) is 46.1 Å². The highest BCUT2D eigenvalue weighted by Gasteiger charge is 2.32. The zero-order valence-corrected chi connectivity index (χ0v) is 19.9. The van der Waals surface area contributed by atoms with E-state index in [1.807, 2.05) is 42.5 Å². The fraction of sp³-hybridized carbons (Fsp3) is 0.417. The molecule has 1 fully saturated rings. The Hall–Kier alpha value is -2.45. The van der Waals surface area contributed by atoms with Gasteiger partial charge in [0, 0.05) is 16.5 Å². The summed E-state index contributed by atoms with van der Waals surface area (Å²) in [5, 5.41) is 14.1. The molecule has 8 heteroatoms. The maximum atomic E-state index is 12.6. The zero-order chi connectivity index (χ0) is 21.8. The predicted molar refractivity (Wildman–Crippen MR) is 130 cm³/mol. The van der Waals surface area contributed by atoms with Gasteiger partial charge in [-0.25, -0.2) is 4.98 Å². The Morgan fingerprint density at radius 2 is 2.09 bits per heavy atom. The van der Waals surface area contributed by atoms with Gasteiger partial charge in [0.2, 0.25) is 5.91 Å². The van der Waals surface area contributed by atoms with Crippen LogP contribution in [0.2, 0.25) is 0 Å². The van der Waals surface area contributed by atoms with E-state index in [1.54, 1.807) is 0 Å². The van der Waals surface area contributed by atoms with Crippen LogP contribution in [-0.2, 0) is 17.6 Å². The number of nitrogens with zero attached hydrogens (tertiary/aromatic N) is 4. The number of para-hydroxylation sites is 1. The van der Waals surface area contributed by atoms with Gasteiger partial charge in [-0.15, -0.1) is 21.5 Å². The maximum absolute atomic E-state index is 12.6. The fourth-order valence-corrected chi connectivity index (χ4v) is 6.70. The molecule has 3 heterocycles. The molecule has 1 saturated carbocycles. The first-order valence-corrected chi connectivity index (χ1v) is 13.1. The molecule has 2 aliphatic carbocycles. The highest BCUT2D eigenvalue weighted by molar-refractivity contribution is 7.99. The van der Waals surface area contributed by atoms with Crippen LogP contribution in [0.15, 0.2) is 29.4 Å². The second kappa shape index (κ2) is 7.85. The van der Waals surface area contributed by atoms with Crippen molar-refractivity contribution in [3.8, 4) is 0 Å². The summed E-state index contributed by atoms with van der Waals surface area (Å²) in [5.74, 6) is 2.51. The lowest BCUT2D eigenvalue weighted by molar-refractivity contribution is -0.113.